The Hall–Kier alpha value is -1.49. The lowest BCUT2D eigenvalue weighted by Gasteiger charge is -2.26. The highest BCUT2D eigenvalue weighted by Crippen LogP contribution is 2.20. The third-order valence-electron chi connectivity index (χ3n) is 3.06. The molecular weight excluding hydrogens is 250 g/mol. The molecule has 0 bridgehead atoms. The van der Waals surface area contributed by atoms with Gasteiger partial charge in [0.25, 0.3) is 0 Å². The van der Waals surface area contributed by atoms with E-state index in [-0.39, 0.29) is 24.5 Å². The van der Waals surface area contributed by atoms with Crippen molar-refractivity contribution >= 4 is 5.91 Å². The summed E-state index contributed by atoms with van der Waals surface area (Å²) in [4.78, 5) is 13.4. The number of carbonyl (C=O) groups excluding carboxylic acids is 1. The number of halogens is 2. The van der Waals surface area contributed by atoms with E-state index in [2.05, 4.69) is 5.32 Å². The van der Waals surface area contributed by atoms with Gasteiger partial charge >= 0.3 is 0 Å². The Balaban J connectivity index is 2.72. The van der Waals surface area contributed by atoms with Crippen molar-refractivity contribution in [2.45, 2.75) is 32.9 Å². The fourth-order valence-electron chi connectivity index (χ4n) is 1.63. The van der Waals surface area contributed by atoms with Crippen molar-refractivity contribution in [3.05, 3.63) is 35.4 Å². The van der Waals surface area contributed by atoms with Crippen LogP contribution in [0.2, 0.25) is 0 Å². The lowest BCUT2D eigenvalue weighted by atomic mass is 10.1. The Kier molecular flexibility index (Phi) is 5.42. The summed E-state index contributed by atoms with van der Waals surface area (Å²) in [5.41, 5.74) is 0.569. The molecule has 0 saturated carbocycles. The van der Waals surface area contributed by atoms with Gasteiger partial charge in [-0.25, -0.2) is 8.78 Å². The molecule has 0 aliphatic rings. The van der Waals surface area contributed by atoms with Gasteiger partial charge < -0.3 is 10.2 Å². The average molecular weight is 270 g/mol. The zero-order valence-corrected chi connectivity index (χ0v) is 11.7. The van der Waals surface area contributed by atoms with E-state index in [1.807, 2.05) is 13.8 Å². The normalized spacial score (nSPS) is 12.6. The van der Waals surface area contributed by atoms with Gasteiger partial charge in [0, 0.05) is 13.1 Å². The number of nitrogens with one attached hydrogen (secondary N) is 1. The van der Waals surface area contributed by atoms with Gasteiger partial charge in [-0.2, -0.15) is 0 Å². The van der Waals surface area contributed by atoms with Gasteiger partial charge in [0.05, 0.1) is 12.6 Å². The molecule has 0 heterocycles. The summed E-state index contributed by atoms with van der Waals surface area (Å²) in [5.74, 6) is -1.87. The standard InChI is InChI=1S/C14H20F2N2O/c1-9(2)17-8-14(19)18(4)10(3)11-5-6-12(15)13(16)7-11/h5-7,9-10,17H,8H2,1-4H3. The van der Waals surface area contributed by atoms with E-state index >= 15 is 0 Å². The summed E-state index contributed by atoms with van der Waals surface area (Å²) in [6, 6.07) is 3.60. The summed E-state index contributed by atoms with van der Waals surface area (Å²) in [6.45, 7) is 5.90. The molecule has 1 rings (SSSR count). The van der Waals surface area contributed by atoms with Crippen LogP contribution in [-0.2, 0) is 4.79 Å². The van der Waals surface area contributed by atoms with Gasteiger partial charge in [-0.15, -0.1) is 0 Å². The topological polar surface area (TPSA) is 32.3 Å². The molecule has 1 unspecified atom stereocenters. The van der Waals surface area contributed by atoms with Crippen LogP contribution in [0, 0.1) is 11.6 Å². The SMILES string of the molecule is CC(C)NCC(=O)N(C)C(C)c1ccc(F)c(F)c1. The third-order valence-corrected chi connectivity index (χ3v) is 3.06. The van der Waals surface area contributed by atoms with Gasteiger partial charge in [0.2, 0.25) is 5.91 Å². The number of nitrogens with zero attached hydrogens (tertiary/aromatic N) is 1. The van der Waals surface area contributed by atoms with Gasteiger partial charge in [0.15, 0.2) is 11.6 Å². The molecule has 1 amide bonds. The first-order valence-electron chi connectivity index (χ1n) is 6.27. The Morgan fingerprint density at radius 2 is 1.89 bits per heavy atom. The summed E-state index contributed by atoms with van der Waals surface area (Å²) in [5, 5.41) is 3.03. The van der Waals surface area contributed by atoms with Crippen molar-refractivity contribution in [2.24, 2.45) is 0 Å². The van der Waals surface area contributed by atoms with Crippen molar-refractivity contribution in [1.29, 1.82) is 0 Å². The van der Waals surface area contributed by atoms with Crippen molar-refractivity contribution in [3.8, 4) is 0 Å². The zero-order chi connectivity index (χ0) is 14.6. The van der Waals surface area contributed by atoms with Crippen LogP contribution in [0.25, 0.3) is 0 Å². The zero-order valence-electron chi connectivity index (χ0n) is 11.7. The molecule has 0 fully saturated rings. The van der Waals surface area contributed by atoms with Crippen molar-refractivity contribution in [3.63, 3.8) is 0 Å². The van der Waals surface area contributed by atoms with E-state index in [4.69, 9.17) is 0 Å². The number of rotatable bonds is 5. The quantitative estimate of drug-likeness (QED) is 0.891. The number of amides is 1. The number of benzene rings is 1. The lowest BCUT2D eigenvalue weighted by molar-refractivity contribution is -0.130. The summed E-state index contributed by atoms with van der Waals surface area (Å²) < 4.78 is 26.0. The minimum absolute atomic E-state index is 0.0917. The van der Waals surface area contributed by atoms with Crippen molar-refractivity contribution < 1.29 is 13.6 Å². The Morgan fingerprint density at radius 1 is 1.26 bits per heavy atom. The summed E-state index contributed by atoms with van der Waals surface area (Å²) in [6.07, 6.45) is 0. The van der Waals surface area contributed by atoms with Crippen LogP contribution in [0.5, 0.6) is 0 Å². The molecule has 0 aliphatic carbocycles. The van der Waals surface area contributed by atoms with Gasteiger partial charge in [-0.3, -0.25) is 4.79 Å². The molecule has 3 nitrogen and oxygen atoms in total. The Morgan fingerprint density at radius 3 is 2.42 bits per heavy atom. The van der Waals surface area contributed by atoms with E-state index < -0.39 is 11.6 Å². The monoisotopic (exact) mass is 270 g/mol. The molecule has 0 aromatic heterocycles. The number of carbonyl (C=O) groups is 1. The molecule has 0 aliphatic heterocycles. The van der Waals surface area contributed by atoms with Crippen LogP contribution in [0.1, 0.15) is 32.4 Å². The maximum atomic E-state index is 13.2. The number of hydrogen-bond donors (Lipinski definition) is 1. The first-order chi connectivity index (χ1) is 8.82. The number of likely N-dealkylation sites (N-methyl/N-ethyl adjacent to an activating group) is 1. The minimum atomic E-state index is -0.898. The second kappa shape index (κ2) is 6.61. The Labute approximate surface area is 112 Å². The molecule has 19 heavy (non-hydrogen) atoms. The molecule has 5 heteroatoms. The fraction of sp³-hybridized carbons (Fsp3) is 0.500. The highest BCUT2D eigenvalue weighted by molar-refractivity contribution is 5.78. The smallest absolute Gasteiger partial charge is 0.236 e. The second-order valence-electron chi connectivity index (χ2n) is 4.89. The highest BCUT2D eigenvalue weighted by atomic mass is 19.2. The molecule has 1 aromatic carbocycles. The molecule has 1 atom stereocenters. The number of hydrogen-bond acceptors (Lipinski definition) is 2. The fourth-order valence-corrected chi connectivity index (χ4v) is 1.63. The molecule has 0 radical (unpaired) electrons. The van der Waals surface area contributed by atoms with Gasteiger partial charge in [-0.1, -0.05) is 19.9 Å². The van der Waals surface area contributed by atoms with Gasteiger partial charge in [-0.05, 0) is 24.6 Å². The largest absolute Gasteiger partial charge is 0.338 e. The van der Waals surface area contributed by atoms with Crippen LogP contribution < -0.4 is 5.32 Å². The van der Waals surface area contributed by atoms with Crippen molar-refractivity contribution in [2.75, 3.05) is 13.6 Å². The first-order valence-corrected chi connectivity index (χ1v) is 6.27. The average Bonchev–Trinajstić information content (AvgIpc) is 2.37. The van der Waals surface area contributed by atoms with Gasteiger partial charge in [0.1, 0.15) is 0 Å². The van der Waals surface area contributed by atoms with E-state index in [9.17, 15) is 13.6 Å². The molecule has 1 aromatic rings. The lowest BCUT2D eigenvalue weighted by Crippen LogP contribution is -2.39. The molecular formula is C14H20F2N2O. The first kappa shape index (κ1) is 15.6. The minimum Gasteiger partial charge on any atom is -0.338 e. The molecule has 1 N–H and O–H groups in total. The van der Waals surface area contributed by atoms with E-state index in [1.54, 1.807) is 14.0 Å². The molecule has 0 spiro atoms. The third kappa shape index (κ3) is 4.28. The van der Waals surface area contributed by atoms with Crippen LogP contribution in [0.4, 0.5) is 8.78 Å². The van der Waals surface area contributed by atoms with Crippen LogP contribution in [0.3, 0.4) is 0 Å². The molecule has 106 valence electrons. The van der Waals surface area contributed by atoms with Crippen molar-refractivity contribution in [1.82, 2.24) is 10.2 Å². The predicted molar refractivity (Wildman–Crippen MR) is 70.7 cm³/mol. The van der Waals surface area contributed by atoms with E-state index in [1.165, 1.54) is 11.0 Å². The maximum absolute atomic E-state index is 13.2. The van der Waals surface area contributed by atoms with Crippen LogP contribution in [-0.4, -0.2) is 30.4 Å². The van der Waals surface area contributed by atoms with E-state index in [0.29, 0.717) is 5.56 Å². The summed E-state index contributed by atoms with van der Waals surface area (Å²) in [7, 11) is 1.65. The maximum Gasteiger partial charge on any atom is 0.236 e. The molecule has 0 saturated heterocycles. The van der Waals surface area contributed by atoms with E-state index in [0.717, 1.165) is 12.1 Å². The highest BCUT2D eigenvalue weighted by Gasteiger charge is 2.18. The Bertz CT molecular complexity index is 449. The van der Waals surface area contributed by atoms with Crippen LogP contribution in [0.15, 0.2) is 18.2 Å². The second-order valence-corrected chi connectivity index (χ2v) is 4.89. The summed E-state index contributed by atoms with van der Waals surface area (Å²) >= 11 is 0. The van der Waals surface area contributed by atoms with Crippen LogP contribution >= 0.6 is 0 Å². The predicted octanol–water partition coefficient (Wildman–Crippen LogP) is 2.48.